The fraction of sp³-hybridized carbons (Fsp3) is 0.429. The number of rotatable bonds is 8. The molecule has 94 valence electrons. The normalized spacial score (nSPS) is 10.2. The Morgan fingerprint density at radius 2 is 2.12 bits per heavy atom. The number of ether oxygens (including phenoxy) is 2. The van der Waals surface area contributed by atoms with E-state index in [4.69, 9.17) is 9.47 Å². The highest BCUT2D eigenvalue weighted by Crippen LogP contribution is 2.18. The Balaban J connectivity index is 2.48. The second-order valence-corrected chi connectivity index (χ2v) is 4.02. The van der Waals surface area contributed by atoms with Crippen LogP contribution in [-0.4, -0.2) is 26.9 Å². The van der Waals surface area contributed by atoms with Crippen molar-refractivity contribution < 1.29 is 9.47 Å². The Bertz CT molecular complexity index is 350. The molecule has 0 heterocycles. The second kappa shape index (κ2) is 7.87. The van der Waals surface area contributed by atoms with Crippen molar-refractivity contribution in [1.29, 1.82) is 0 Å². The molecule has 0 fully saturated rings. The van der Waals surface area contributed by atoms with Gasteiger partial charge >= 0.3 is 0 Å². The van der Waals surface area contributed by atoms with E-state index < -0.39 is 0 Å². The molecule has 0 saturated carbocycles. The van der Waals surface area contributed by atoms with Gasteiger partial charge in [0, 0.05) is 25.8 Å². The van der Waals surface area contributed by atoms with Crippen molar-refractivity contribution >= 4 is 0 Å². The molecule has 0 bridgehead atoms. The molecule has 1 aromatic rings. The summed E-state index contributed by atoms with van der Waals surface area (Å²) in [6, 6.07) is 8.04. The minimum Gasteiger partial charge on any atom is -0.489 e. The minimum absolute atomic E-state index is 0.565. The highest BCUT2D eigenvalue weighted by molar-refractivity contribution is 5.33. The maximum atomic E-state index is 5.68. The molecule has 0 aliphatic heterocycles. The van der Waals surface area contributed by atoms with E-state index in [1.807, 2.05) is 25.1 Å². The summed E-state index contributed by atoms with van der Waals surface area (Å²) in [6.45, 7) is 8.69. The molecule has 0 aromatic heterocycles. The van der Waals surface area contributed by atoms with Gasteiger partial charge in [-0.25, -0.2) is 0 Å². The predicted molar refractivity (Wildman–Crippen MR) is 70.3 cm³/mol. The molecule has 1 N–H and O–H groups in total. The molecular weight excluding hydrogens is 214 g/mol. The van der Waals surface area contributed by atoms with Gasteiger partial charge in [-0.05, 0) is 18.6 Å². The molecule has 3 nitrogen and oxygen atoms in total. The van der Waals surface area contributed by atoms with Gasteiger partial charge in [0.05, 0.1) is 6.61 Å². The average molecular weight is 235 g/mol. The van der Waals surface area contributed by atoms with Crippen molar-refractivity contribution in [2.45, 2.75) is 13.5 Å². The van der Waals surface area contributed by atoms with Crippen LogP contribution >= 0.6 is 0 Å². The van der Waals surface area contributed by atoms with E-state index in [1.54, 1.807) is 7.11 Å². The summed E-state index contributed by atoms with van der Waals surface area (Å²) >= 11 is 0. The van der Waals surface area contributed by atoms with Gasteiger partial charge in [0.1, 0.15) is 12.4 Å². The van der Waals surface area contributed by atoms with E-state index in [0.717, 1.165) is 36.6 Å². The molecule has 0 saturated heterocycles. The Kier molecular flexibility index (Phi) is 6.37. The molecule has 17 heavy (non-hydrogen) atoms. The van der Waals surface area contributed by atoms with Crippen molar-refractivity contribution in [3.63, 3.8) is 0 Å². The fourth-order valence-corrected chi connectivity index (χ4v) is 1.39. The van der Waals surface area contributed by atoms with Crippen LogP contribution in [0.1, 0.15) is 12.5 Å². The molecule has 0 aliphatic rings. The Morgan fingerprint density at radius 1 is 1.35 bits per heavy atom. The molecule has 3 heteroatoms. The average Bonchev–Trinajstić information content (AvgIpc) is 2.33. The molecule has 0 unspecified atom stereocenters. The first kappa shape index (κ1) is 13.7. The molecule has 0 aliphatic carbocycles. The third kappa shape index (κ3) is 5.52. The molecule has 1 aromatic carbocycles. The summed E-state index contributed by atoms with van der Waals surface area (Å²) in [6.07, 6.45) is 0. The van der Waals surface area contributed by atoms with E-state index in [2.05, 4.69) is 18.0 Å². The number of methoxy groups -OCH3 is 1. The number of hydrogen-bond acceptors (Lipinski definition) is 3. The van der Waals surface area contributed by atoms with Gasteiger partial charge in [-0.15, -0.1) is 0 Å². The van der Waals surface area contributed by atoms with Crippen LogP contribution in [0.5, 0.6) is 5.75 Å². The van der Waals surface area contributed by atoms with Gasteiger partial charge in [-0.3, -0.25) is 0 Å². The van der Waals surface area contributed by atoms with Crippen molar-refractivity contribution in [2.24, 2.45) is 0 Å². The Labute approximate surface area is 103 Å². The molecule has 0 atom stereocenters. The minimum atomic E-state index is 0.565. The summed E-state index contributed by atoms with van der Waals surface area (Å²) in [5.41, 5.74) is 2.18. The molecular formula is C14H21NO2. The predicted octanol–water partition coefficient (Wildman–Crippen LogP) is 2.38. The number of nitrogens with one attached hydrogen (secondary N) is 1. The SMILES string of the molecule is C=C(C)COc1ccccc1CNCCOC. The second-order valence-electron chi connectivity index (χ2n) is 4.02. The van der Waals surface area contributed by atoms with Crippen LogP contribution in [0.4, 0.5) is 0 Å². The van der Waals surface area contributed by atoms with Crippen molar-refractivity contribution in [3.05, 3.63) is 42.0 Å². The van der Waals surface area contributed by atoms with Gasteiger partial charge < -0.3 is 14.8 Å². The Morgan fingerprint density at radius 3 is 2.82 bits per heavy atom. The van der Waals surface area contributed by atoms with E-state index in [-0.39, 0.29) is 0 Å². The molecule has 0 spiro atoms. The monoisotopic (exact) mass is 235 g/mol. The summed E-state index contributed by atoms with van der Waals surface area (Å²) in [5.74, 6) is 0.917. The van der Waals surface area contributed by atoms with Crippen LogP contribution < -0.4 is 10.1 Å². The van der Waals surface area contributed by atoms with Gasteiger partial charge in [0.15, 0.2) is 0 Å². The van der Waals surface area contributed by atoms with Crippen LogP contribution in [0.25, 0.3) is 0 Å². The summed E-state index contributed by atoms with van der Waals surface area (Å²) < 4.78 is 10.7. The summed E-state index contributed by atoms with van der Waals surface area (Å²) in [7, 11) is 1.70. The van der Waals surface area contributed by atoms with Gasteiger partial charge in [0.25, 0.3) is 0 Å². The lowest BCUT2D eigenvalue weighted by Crippen LogP contribution is -2.19. The van der Waals surface area contributed by atoms with Crippen LogP contribution in [0.2, 0.25) is 0 Å². The van der Waals surface area contributed by atoms with E-state index in [9.17, 15) is 0 Å². The van der Waals surface area contributed by atoms with E-state index >= 15 is 0 Å². The first-order chi connectivity index (χ1) is 8.24. The largest absolute Gasteiger partial charge is 0.489 e. The van der Waals surface area contributed by atoms with Crippen LogP contribution in [0.3, 0.4) is 0 Å². The third-order valence-electron chi connectivity index (χ3n) is 2.25. The molecule has 0 radical (unpaired) electrons. The van der Waals surface area contributed by atoms with Crippen LogP contribution in [-0.2, 0) is 11.3 Å². The lowest BCUT2D eigenvalue weighted by molar-refractivity contribution is 0.199. The zero-order valence-corrected chi connectivity index (χ0v) is 10.7. The third-order valence-corrected chi connectivity index (χ3v) is 2.25. The standard InChI is InChI=1S/C14H21NO2/c1-12(2)11-17-14-7-5-4-6-13(14)10-15-8-9-16-3/h4-7,15H,1,8-11H2,2-3H3. The highest BCUT2D eigenvalue weighted by atomic mass is 16.5. The van der Waals surface area contributed by atoms with Crippen molar-refractivity contribution in [2.75, 3.05) is 26.9 Å². The zero-order chi connectivity index (χ0) is 12.5. The topological polar surface area (TPSA) is 30.5 Å². The van der Waals surface area contributed by atoms with Crippen LogP contribution in [0, 0.1) is 0 Å². The first-order valence-electron chi connectivity index (χ1n) is 5.78. The maximum absolute atomic E-state index is 5.68. The lowest BCUT2D eigenvalue weighted by Gasteiger charge is -2.12. The van der Waals surface area contributed by atoms with E-state index in [0.29, 0.717) is 6.61 Å². The molecule has 1 rings (SSSR count). The zero-order valence-electron chi connectivity index (χ0n) is 10.7. The van der Waals surface area contributed by atoms with Crippen molar-refractivity contribution in [3.8, 4) is 5.75 Å². The number of hydrogen-bond donors (Lipinski definition) is 1. The number of para-hydroxylation sites is 1. The Hall–Kier alpha value is -1.32. The summed E-state index contributed by atoms with van der Waals surface area (Å²) in [4.78, 5) is 0. The van der Waals surface area contributed by atoms with Gasteiger partial charge in [0.2, 0.25) is 0 Å². The number of benzene rings is 1. The quantitative estimate of drug-likeness (QED) is 0.554. The van der Waals surface area contributed by atoms with Crippen molar-refractivity contribution in [1.82, 2.24) is 5.32 Å². The van der Waals surface area contributed by atoms with Crippen LogP contribution in [0.15, 0.2) is 36.4 Å². The molecule has 0 amide bonds. The summed E-state index contributed by atoms with van der Waals surface area (Å²) in [5, 5.41) is 3.30. The smallest absolute Gasteiger partial charge is 0.124 e. The maximum Gasteiger partial charge on any atom is 0.124 e. The highest BCUT2D eigenvalue weighted by Gasteiger charge is 2.02. The van der Waals surface area contributed by atoms with Gasteiger partial charge in [-0.1, -0.05) is 24.8 Å². The van der Waals surface area contributed by atoms with E-state index in [1.165, 1.54) is 0 Å². The lowest BCUT2D eigenvalue weighted by atomic mass is 10.2. The first-order valence-corrected chi connectivity index (χ1v) is 5.78. The van der Waals surface area contributed by atoms with Gasteiger partial charge in [-0.2, -0.15) is 0 Å². The fourth-order valence-electron chi connectivity index (χ4n) is 1.39.